The van der Waals surface area contributed by atoms with Crippen LogP contribution in [0, 0.1) is 0 Å². The van der Waals surface area contributed by atoms with E-state index < -0.39 is 0 Å². The van der Waals surface area contributed by atoms with Crippen molar-refractivity contribution >= 4 is 22.9 Å². The van der Waals surface area contributed by atoms with Gasteiger partial charge in [0.25, 0.3) is 0 Å². The molecule has 4 rings (SSSR count). The number of rotatable bonds is 2. The van der Waals surface area contributed by atoms with Crippen molar-refractivity contribution in [2.45, 2.75) is 12.8 Å². The van der Waals surface area contributed by atoms with Crippen molar-refractivity contribution in [2.75, 3.05) is 7.11 Å². The van der Waals surface area contributed by atoms with Crippen molar-refractivity contribution < 1.29 is 9.53 Å². The van der Waals surface area contributed by atoms with E-state index in [0.29, 0.717) is 0 Å². The Morgan fingerprint density at radius 3 is 3.04 bits per heavy atom. The van der Waals surface area contributed by atoms with Crippen LogP contribution in [0.15, 0.2) is 48.3 Å². The van der Waals surface area contributed by atoms with E-state index in [9.17, 15) is 4.79 Å². The number of carbonyl (C=O) groups is 1. The third-order valence-corrected chi connectivity index (χ3v) is 4.33. The minimum Gasteiger partial charge on any atom is -0.497 e. The predicted molar refractivity (Wildman–Crippen MR) is 89.7 cm³/mol. The highest BCUT2D eigenvalue weighted by Gasteiger charge is 2.22. The number of nitrogens with one attached hydrogen (secondary N) is 1. The second kappa shape index (κ2) is 5.39. The standard InChI is InChI=1S/C19H16N2O2/c1-23-15-7-6-12-4-5-13(18(22)17(12)10-15)9-14-11-21-19-16(14)3-2-8-20-19/h2-3,6-11H,4-5H2,1H3,(H,20,21)/b13-9+. The fraction of sp³-hybridized carbons (Fsp3) is 0.158. The normalized spacial score (nSPS) is 15.9. The van der Waals surface area contributed by atoms with Gasteiger partial charge in [-0.05, 0) is 48.7 Å². The van der Waals surface area contributed by atoms with E-state index >= 15 is 0 Å². The lowest BCUT2D eigenvalue weighted by Crippen LogP contribution is -2.14. The zero-order valence-electron chi connectivity index (χ0n) is 12.8. The number of aryl methyl sites for hydroxylation is 1. The quantitative estimate of drug-likeness (QED) is 0.733. The number of aromatic nitrogens is 2. The second-order valence-corrected chi connectivity index (χ2v) is 5.67. The molecule has 0 unspecified atom stereocenters. The van der Waals surface area contributed by atoms with Crippen LogP contribution in [0.1, 0.15) is 27.9 Å². The molecule has 0 bridgehead atoms. The monoisotopic (exact) mass is 304 g/mol. The molecule has 1 aliphatic rings. The lowest BCUT2D eigenvalue weighted by molar-refractivity contribution is 0.102. The molecule has 2 heterocycles. The molecular formula is C19H16N2O2. The number of methoxy groups -OCH3 is 1. The van der Waals surface area contributed by atoms with E-state index in [0.717, 1.165) is 51.9 Å². The number of ketones is 1. The average Bonchev–Trinajstić information content (AvgIpc) is 3.00. The number of Topliss-reactive ketones (excluding diaryl/α,β-unsaturated/α-hetero) is 1. The number of allylic oxidation sites excluding steroid dienone is 1. The largest absolute Gasteiger partial charge is 0.497 e. The van der Waals surface area contributed by atoms with Crippen LogP contribution in [-0.2, 0) is 6.42 Å². The minimum atomic E-state index is 0.0865. The fourth-order valence-electron chi connectivity index (χ4n) is 3.09. The highest BCUT2D eigenvalue weighted by atomic mass is 16.5. The van der Waals surface area contributed by atoms with Gasteiger partial charge in [-0.25, -0.2) is 4.98 Å². The average molecular weight is 304 g/mol. The van der Waals surface area contributed by atoms with Gasteiger partial charge >= 0.3 is 0 Å². The summed E-state index contributed by atoms with van der Waals surface area (Å²) in [6.45, 7) is 0. The molecule has 0 radical (unpaired) electrons. The molecule has 1 aliphatic carbocycles. The van der Waals surface area contributed by atoms with Crippen LogP contribution in [0.5, 0.6) is 5.75 Å². The van der Waals surface area contributed by atoms with Crippen LogP contribution in [0.4, 0.5) is 0 Å². The van der Waals surface area contributed by atoms with Crippen molar-refractivity contribution in [3.8, 4) is 5.75 Å². The van der Waals surface area contributed by atoms with Gasteiger partial charge in [0.1, 0.15) is 11.4 Å². The first-order valence-electron chi connectivity index (χ1n) is 7.60. The first-order valence-corrected chi connectivity index (χ1v) is 7.60. The van der Waals surface area contributed by atoms with E-state index in [2.05, 4.69) is 9.97 Å². The number of pyridine rings is 1. The molecule has 0 fully saturated rings. The van der Waals surface area contributed by atoms with Crippen LogP contribution in [0.3, 0.4) is 0 Å². The van der Waals surface area contributed by atoms with Gasteiger partial charge in [0, 0.05) is 34.5 Å². The molecule has 1 N–H and O–H groups in total. The Morgan fingerprint density at radius 2 is 2.17 bits per heavy atom. The first-order chi connectivity index (χ1) is 11.3. The van der Waals surface area contributed by atoms with Crippen LogP contribution in [-0.4, -0.2) is 22.9 Å². The maximum atomic E-state index is 12.8. The molecule has 114 valence electrons. The van der Waals surface area contributed by atoms with E-state index in [1.54, 1.807) is 13.3 Å². The van der Waals surface area contributed by atoms with Crippen molar-refractivity contribution in [2.24, 2.45) is 0 Å². The van der Waals surface area contributed by atoms with Crippen LogP contribution in [0.25, 0.3) is 17.1 Å². The minimum absolute atomic E-state index is 0.0865. The van der Waals surface area contributed by atoms with Crippen molar-refractivity contribution in [1.82, 2.24) is 9.97 Å². The summed E-state index contributed by atoms with van der Waals surface area (Å²) in [5.74, 6) is 0.804. The Labute approximate surface area is 133 Å². The number of H-pyrrole nitrogens is 1. The van der Waals surface area contributed by atoms with Gasteiger partial charge in [-0.15, -0.1) is 0 Å². The van der Waals surface area contributed by atoms with Crippen LogP contribution in [0.2, 0.25) is 0 Å². The van der Waals surface area contributed by atoms with Gasteiger partial charge in [-0.1, -0.05) is 6.07 Å². The second-order valence-electron chi connectivity index (χ2n) is 5.67. The summed E-state index contributed by atoms with van der Waals surface area (Å²) in [5.41, 5.74) is 4.51. The van der Waals surface area contributed by atoms with Gasteiger partial charge in [0.2, 0.25) is 0 Å². The maximum absolute atomic E-state index is 12.8. The molecule has 2 aromatic heterocycles. The lowest BCUT2D eigenvalue weighted by atomic mass is 9.86. The fourth-order valence-corrected chi connectivity index (χ4v) is 3.09. The topological polar surface area (TPSA) is 55.0 Å². The van der Waals surface area contributed by atoms with Gasteiger partial charge in [0.15, 0.2) is 5.78 Å². The molecule has 1 aromatic carbocycles. The molecule has 0 aliphatic heterocycles. The van der Waals surface area contributed by atoms with E-state index in [4.69, 9.17) is 4.74 Å². The zero-order valence-corrected chi connectivity index (χ0v) is 12.8. The molecule has 3 aromatic rings. The van der Waals surface area contributed by atoms with Gasteiger partial charge < -0.3 is 9.72 Å². The molecule has 0 saturated carbocycles. The molecule has 0 amide bonds. The molecule has 23 heavy (non-hydrogen) atoms. The smallest absolute Gasteiger partial charge is 0.189 e. The Kier molecular flexibility index (Phi) is 3.23. The predicted octanol–water partition coefficient (Wildman–Crippen LogP) is 3.78. The van der Waals surface area contributed by atoms with Gasteiger partial charge in [-0.3, -0.25) is 4.79 Å². The van der Waals surface area contributed by atoms with E-state index in [1.165, 1.54) is 0 Å². The molecular weight excluding hydrogens is 288 g/mol. The van der Waals surface area contributed by atoms with Crippen LogP contribution >= 0.6 is 0 Å². The molecule has 0 saturated heterocycles. The van der Waals surface area contributed by atoms with Gasteiger partial charge in [-0.2, -0.15) is 0 Å². The van der Waals surface area contributed by atoms with Crippen molar-refractivity contribution in [3.05, 3.63) is 65.0 Å². The number of hydrogen-bond acceptors (Lipinski definition) is 3. The Balaban J connectivity index is 1.77. The van der Waals surface area contributed by atoms with E-state index in [-0.39, 0.29) is 5.78 Å². The van der Waals surface area contributed by atoms with Crippen LogP contribution < -0.4 is 4.74 Å². The number of benzene rings is 1. The molecule has 0 spiro atoms. The van der Waals surface area contributed by atoms with Crippen molar-refractivity contribution in [3.63, 3.8) is 0 Å². The maximum Gasteiger partial charge on any atom is 0.189 e. The number of carbonyl (C=O) groups excluding carboxylic acids is 1. The summed E-state index contributed by atoms with van der Waals surface area (Å²) in [5, 5.41) is 1.03. The summed E-state index contributed by atoms with van der Waals surface area (Å²) in [6.07, 6.45) is 7.26. The molecule has 4 nitrogen and oxygen atoms in total. The molecule has 4 heteroatoms. The highest BCUT2D eigenvalue weighted by Crippen LogP contribution is 2.30. The summed E-state index contributed by atoms with van der Waals surface area (Å²) in [4.78, 5) is 20.2. The summed E-state index contributed by atoms with van der Waals surface area (Å²) in [6, 6.07) is 9.64. The number of fused-ring (bicyclic) bond motifs is 2. The molecule has 0 atom stereocenters. The SMILES string of the molecule is COc1ccc2c(c1)C(=O)/C(=C/c1c[nH]c3ncccc13)CC2. The highest BCUT2D eigenvalue weighted by molar-refractivity contribution is 6.14. The lowest BCUT2D eigenvalue weighted by Gasteiger charge is -2.18. The third-order valence-electron chi connectivity index (χ3n) is 4.33. The van der Waals surface area contributed by atoms with Crippen molar-refractivity contribution in [1.29, 1.82) is 0 Å². The Hall–Kier alpha value is -2.88. The van der Waals surface area contributed by atoms with Gasteiger partial charge in [0.05, 0.1) is 7.11 Å². The summed E-state index contributed by atoms with van der Waals surface area (Å²) in [7, 11) is 1.62. The Morgan fingerprint density at radius 1 is 1.26 bits per heavy atom. The number of ether oxygens (including phenoxy) is 1. The summed E-state index contributed by atoms with van der Waals surface area (Å²) >= 11 is 0. The van der Waals surface area contributed by atoms with E-state index in [1.807, 2.05) is 42.6 Å². The Bertz CT molecular complexity index is 937. The zero-order chi connectivity index (χ0) is 15.8. The number of nitrogens with zero attached hydrogens (tertiary/aromatic N) is 1. The third kappa shape index (κ3) is 2.32. The number of aromatic amines is 1. The summed E-state index contributed by atoms with van der Waals surface area (Å²) < 4.78 is 5.24. The first kappa shape index (κ1) is 13.8. The number of hydrogen-bond donors (Lipinski definition) is 1.